The zero-order chi connectivity index (χ0) is 3.58. The fourth-order valence-corrected chi connectivity index (χ4v) is 0. The quantitative estimate of drug-likeness (QED) is 0.610. The molecule has 0 atom stereocenters. The molecule has 0 saturated heterocycles. The Kier molecular flexibility index (Phi) is 25.3. The van der Waals surface area contributed by atoms with Crippen LogP contribution in [0.3, 0.4) is 0 Å². The summed E-state index contributed by atoms with van der Waals surface area (Å²) in [4.78, 5) is 8.56. The van der Waals surface area contributed by atoms with Crippen molar-refractivity contribution in [2.24, 2.45) is 0 Å². The molecular formula is CH4BaO3Zn. The van der Waals surface area contributed by atoms with E-state index in [9.17, 15) is 0 Å². The number of hydrogen-bond acceptors (Lipinski definition) is 1. The molecule has 0 amide bonds. The molecule has 0 radical (unpaired) electrons. The van der Waals surface area contributed by atoms with Crippen LogP contribution in [0.25, 0.3) is 0 Å². The predicted molar refractivity (Wildman–Crippen MR) is 18.6 cm³/mol. The van der Waals surface area contributed by atoms with Crippen LogP contribution in [0.15, 0.2) is 0 Å². The first kappa shape index (κ1) is 15.7. The smallest absolute Gasteiger partial charge is 1.00 e. The molecule has 5 heteroatoms. The van der Waals surface area contributed by atoms with Gasteiger partial charge in [0.2, 0.25) is 0 Å². The Morgan fingerprint density at radius 3 is 1.50 bits per heavy atom. The summed E-state index contributed by atoms with van der Waals surface area (Å²) in [6.07, 6.45) is -1.83. The first-order valence-electron chi connectivity index (χ1n) is 0.651. The van der Waals surface area contributed by atoms with Crippen LogP contribution < -0.4 is 0 Å². The van der Waals surface area contributed by atoms with Gasteiger partial charge in [0, 0.05) is 19.5 Å². The molecule has 0 rings (SSSR count). The molecule has 0 aliphatic carbocycles. The second-order valence-electron chi connectivity index (χ2n) is 0.283. The monoisotopic (exact) mass is 266 g/mol. The van der Waals surface area contributed by atoms with Gasteiger partial charge in [-0.05, 0) is 0 Å². The van der Waals surface area contributed by atoms with Crippen molar-refractivity contribution < 1.29 is 37.3 Å². The van der Waals surface area contributed by atoms with Crippen molar-refractivity contribution in [3.05, 3.63) is 0 Å². The van der Waals surface area contributed by atoms with E-state index in [1.54, 1.807) is 0 Å². The van der Waals surface area contributed by atoms with E-state index in [0.717, 1.165) is 0 Å². The SMILES string of the molecule is O=C(O)O.[Ba+2].[H-].[H-].[Zn]. The molecule has 0 aromatic carbocycles. The number of carbonyl (C=O) groups is 1. The zero-order valence-corrected chi connectivity index (χ0v) is 10.6. The van der Waals surface area contributed by atoms with E-state index in [1.807, 2.05) is 0 Å². The van der Waals surface area contributed by atoms with Crippen LogP contribution in [-0.2, 0) is 19.5 Å². The average Bonchev–Trinajstić information content (AvgIpc) is 0.811. The molecule has 0 aliphatic heterocycles. The van der Waals surface area contributed by atoms with Gasteiger partial charge in [0.15, 0.2) is 0 Å². The Hall–Kier alpha value is 1.46. The largest absolute Gasteiger partial charge is 2.00 e. The van der Waals surface area contributed by atoms with E-state index in [4.69, 9.17) is 15.0 Å². The molecule has 0 fully saturated rings. The van der Waals surface area contributed by atoms with Gasteiger partial charge in [-0.1, -0.05) is 0 Å². The summed E-state index contributed by atoms with van der Waals surface area (Å²) >= 11 is 0. The fourth-order valence-electron chi connectivity index (χ4n) is 0. The maximum absolute atomic E-state index is 8.56. The van der Waals surface area contributed by atoms with Gasteiger partial charge in [-0.25, -0.2) is 4.79 Å². The summed E-state index contributed by atoms with van der Waals surface area (Å²) < 4.78 is 0. The van der Waals surface area contributed by atoms with E-state index in [2.05, 4.69) is 0 Å². The maximum Gasteiger partial charge on any atom is 2.00 e. The number of hydrogen-bond donors (Lipinski definition) is 2. The van der Waals surface area contributed by atoms with E-state index in [0.29, 0.717) is 0 Å². The maximum atomic E-state index is 8.56. The Labute approximate surface area is 90.9 Å². The summed E-state index contributed by atoms with van der Waals surface area (Å²) in [5.74, 6) is 0. The van der Waals surface area contributed by atoms with Crippen molar-refractivity contribution in [1.29, 1.82) is 0 Å². The van der Waals surface area contributed by atoms with E-state index in [1.165, 1.54) is 0 Å². The van der Waals surface area contributed by atoms with Crippen molar-refractivity contribution in [2.75, 3.05) is 0 Å². The molecule has 0 bridgehead atoms. The third-order valence-corrected chi connectivity index (χ3v) is 0. The van der Waals surface area contributed by atoms with Crippen molar-refractivity contribution in [3.8, 4) is 0 Å². The Bertz CT molecular complexity index is 40.3. The average molecular weight is 267 g/mol. The van der Waals surface area contributed by atoms with Crippen LogP contribution in [0.4, 0.5) is 4.79 Å². The van der Waals surface area contributed by atoms with Crippen LogP contribution in [-0.4, -0.2) is 65.2 Å². The normalized spacial score (nSPS) is 4.00. The molecule has 0 aliphatic rings. The van der Waals surface area contributed by atoms with Crippen molar-refractivity contribution >= 4 is 55.0 Å². The van der Waals surface area contributed by atoms with E-state index >= 15 is 0 Å². The van der Waals surface area contributed by atoms with Gasteiger partial charge in [0.05, 0.1) is 0 Å². The molecule has 0 heterocycles. The van der Waals surface area contributed by atoms with Crippen LogP contribution in [0.2, 0.25) is 0 Å². The third kappa shape index (κ3) is 50.8. The summed E-state index contributed by atoms with van der Waals surface area (Å²) in [5, 5.41) is 13.9. The molecule has 0 saturated carbocycles. The van der Waals surface area contributed by atoms with Crippen LogP contribution in [0, 0.1) is 0 Å². The standard InChI is InChI=1S/CH2O3.Ba.Zn.2H/c2-1(3)4;;;;/h(H2,2,3,4);;;;/q;+2;;2*-1. The van der Waals surface area contributed by atoms with E-state index < -0.39 is 6.16 Å². The first-order valence-corrected chi connectivity index (χ1v) is 0.651. The van der Waals surface area contributed by atoms with Gasteiger partial charge < -0.3 is 13.1 Å². The summed E-state index contributed by atoms with van der Waals surface area (Å²) in [6.45, 7) is 0. The van der Waals surface area contributed by atoms with E-state index in [-0.39, 0.29) is 71.2 Å². The van der Waals surface area contributed by atoms with Crippen LogP contribution in [0.1, 0.15) is 2.85 Å². The van der Waals surface area contributed by atoms with Gasteiger partial charge in [0.1, 0.15) is 0 Å². The van der Waals surface area contributed by atoms with Gasteiger partial charge >= 0.3 is 55.0 Å². The predicted octanol–water partition coefficient (Wildman–Crippen LogP) is 0.0641. The fraction of sp³-hybridized carbons (Fsp3) is 0. The minimum absolute atomic E-state index is 0. The van der Waals surface area contributed by atoms with Crippen molar-refractivity contribution in [3.63, 3.8) is 0 Å². The van der Waals surface area contributed by atoms with Crippen molar-refractivity contribution in [2.45, 2.75) is 0 Å². The Balaban J connectivity index is -0.00000000750. The Morgan fingerprint density at radius 1 is 1.50 bits per heavy atom. The number of rotatable bonds is 0. The van der Waals surface area contributed by atoms with Crippen LogP contribution in [0.5, 0.6) is 0 Å². The molecule has 30 valence electrons. The van der Waals surface area contributed by atoms with Crippen LogP contribution >= 0.6 is 0 Å². The molecule has 0 spiro atoms. The van der Waals surface area contributed by atoms with Gasteiger partial charge in [0.25, 0.3) is 0 Å². The molecule has 6 heavy (non-hydrogen) atoms. The van der Waals surface area contributed by atoms with Gasteiger partial charge in [-0.3, -0.25) is 0 Å². The minimum atomic E-state index is -1.83. The van der Waals surface area contributed by atoms with Gasteiger partial charge in [-0.2, -0.15) is 0 Å². The molecule has 0 unspecified atom stereocenters. The molecule has 3 nitrogen and oxygen atoms in total. The molecule has 0 aromatic rings. The molecular weight excluding hydrogens is 263 g/mol. The van der Waals surface area contributed by atoms with Gasteiger partial charge in [-0.15, -0.1) is 0 Å². The zero-order valence-electron chi connectivity index (χ0n) is 5.22. The summed E-state index contributed by atoms with van der Waals surface area (Å²) in [6, 6.07) is 0. The number of carboxylic acid groups (broad SMARTS) is 2. The summed E-state index contributed by atoms with van der Waals surface area (Å²) in [7, 11) is 0. The van der Waals surface area contributed by atoms with Crippen molar-refractivity contribution in [1.82, 2.24) is 0 Å². The molecule has 0 aromatic heterocycles. The summed E-state index contributed by atoms with van der Waals surface area (Å²) in [5.41, 5.74) is 0. The second kappa shape index (κ2) is 9.69. The third-order valence-electron chi connectivity index (χ3n) is 0. The minimum Gasteiger partial charge on any atom is -1.00 e. The molecule has 2 N–H and O–H groups in total. The Morgan fingerprint density at radius 2 is 1.50 bits per heavy atom. The second-order valence-corrected chi connectivity index (χ2v) is 0.283. The topological polar surface area (TPSA) is 57.5 Å². The first-order chi connectivity index (χ1) is 1.73.